The molecule has 1 saturated carbocycles. The number of piperidine rings is 1. The second-order valence-corrected chi connectivity index (χ2v) is 8.57. The van der Waals surface area contributed by atoms with Gasteiger partial charge in [0.25, 0.3) is 5.91 Å². The van der Waals surface area contributed by atoms with Crippen LogP contribution in [0, 0.1) is 11.8 Å². The fourth-order valence-corrected chi connectivity index (χ4v) is 4.87. The van der Waals surface area contributed by atoms with Crippen molar-refractivity contribution >= 4 is 18.0 Å². The van der Waals surface area contributed by atoms with Gasteiger partial charge in [-0.1, -0.05) is 48.9 Å². The SMILES string of the molecule is CNC(=O)c1ccc(C=CC(=O)OC2C3CCCC2CN(Cc2ccccc2)C3)cc1. The maximum Gasteiger partial charge on any atom is 0.331 e. The fraction of sp³-hybridized carbons (Fsp3) is 0.385. The van der Waals surface area contributed by atoms with Crippen LogP contribution in [-0.4, -0.2) is 43.0 Å². The van der Waals surface area contributed by atoms with E-state index in [0.29, 0.717) is 17.4 Å². The van der Waals surface area contributed by atoms with Crippen LogP contribution in [0.3, 0.4) is 0 Å². The van der Waals surface area contributed by atoms with Gasteiger partial charge in [0.2, 0.25) is 0 Å². The Bertz CT molecular complexity index is 909. The second kappa shape index (κ2) is 9.92. The van der Waals surface area contributed by atoms with E-state index < -0.39 is 0 Å². The number of likely N-dealkylation sites (tertiary alicyclic amines) is 1. The Balaban J connectivity index is 1.34. The van der Waals surface area contributed by atoms with Gasteiger partial charge in [0, 0.05) is 50.2 Å². The first kappa shape index (κ1) is 21.3. The normalized spacial score (nSPS) is 23.5. The van der Waals surface area contributed by atoms with Crippen LogP contribution in [-0.2, 0) is 16.1 Å². The van der Waals surface area contributed by atoms with Crippen LogP contribution >= 0.6 is 0 Å². The number of rotatable bonds is 6. The van der Waals surface area contributed by atoms with Gasteiger partial charge < -0.3 is 10.1 Å². The molecule has 31 heavy (non-hydrogen) atoms. The maximum absolute atomic E-state index is 12.5. The first-order valence-electron chi connectivity index (χ1n) is 11.1. The highest BCUT2D eigenvalue weighted by atomic mass is 16.5. The van der Waals surface area contributed by atoms with Crippen LogP contribution in [0.2, 0.25) is 0 Å². The summed E-state index contributed by atoms with van der Waals surface area (Å²) in [4.78, 5) is 26.7. The molecule has 0 spiro atoms. The second-order valence-electron chi connectivity index (χ2n) is 8.57. The van der Waals surface area contributed by atoms with Gasteiger partial charge >= 0.3 is 5.97 Å². The fourth-order valence-electron chi connectivity index (χ4n) is 4.87. The Morgan fingerprint density at radius 1 is 1.03 bits per heavy atom. The minimum Gasteiger partial charge on any atom is -0.459 e. The van der Waals surface area contributed by atoms with Crippen molar-refractivity contribution in [3.05, 3.63) is 77.4 Å². The van der Waals surface area contributed by atoms with E-state index in [4.69, 9.17) is 4.74 Å². The molecule has 2 aromatic rings. The Labute approximate surface area is 184 Å². The number of fused-ring (bicyclic) bond motifs is 2. The van der Waals surface area contributed by atoms with Crippen molar-refractivity contribution in [2.75, 3.05) is 20.1 Å². The third kappa shape index (κ3) is 5.42. The van der Waals surface area contributed by atoms with E-state index in [-0.39, 0.29) is 18.0 Å². The van der Waals surface area contributed by atoms with Crippen molar-refractivity contribution in [1.82, 2.24) is 10.2 Å². The Kier molecular flexibility index (Phi) is 6.82. The summed E-state index contributed by atoms with van der Waals surface area (Å²) in [5.74, 6) is 0.398. The molecule has 5 nitrogen and oxygen atoms in total. The molecule has 1 N–H and O–H groups in total. The topological polar surface area (TPSA) is 58.6 Å². The molecule has 2 unspecified atom stereocenters. The Morgan fingerprint density at radius 3 is 2.35 bits per heavy atom. The lowest BCUT2D eigenvalue weighted by molar-refractivity contribution is -0.157. The highest BCUT2D eigenvalue weighted by Gasteiger charge is 2.41. The molecule has 2 fully saturated rings. The molecule has 2 atom stereocenters. The summed E-state index contributed by atoms with van der Waals surface area (Å²) in [5.41, 5.74) is 2.79. The van der Waals surface area contributed by atoms with E-state index in [2.05, 4.69) is 34.5 Å². The van der Waals surface area contributed by atoms with Crippen molar-refractivity contribution in [2.24, 2.45) is 11.8 Å². The quantitative estimate of drug-likeness (QED) is 0.571. The molecule has 4 rings (SSSR count). The zero-order chi connectivity index (χ0) is 21.6. The van der Waals surface area contributed by atoms with Gasteiger partial charge in [-0.05, 0) is 42.2 Å². The number of carbonyl (C=O) groups excluding carboxylic acids is 2. The smallest absolute Gasteiger partial charge is 0.331 e. The first-order chi connectivity index (χ1) is 15.1. The molecule has 0 aromatic heterocycles. The lowest BCUT2D eigenvalue weighted by atomic mass is 9.75. The molecule has 0 radical (unpaired) electrons. The number of nitrogens with zero attached hydrogens (tertiary/aromatic N) is 1. The molecule has 2 bridgehead atoms. The summed E-state index contributed by atoms with van der Waals surface area (Å²) in [6.07, 6.45) is 6.70. The lowest BCUT2D eigenvalue weighted by Gasteiger charge is -2.46. The van der Waals surface area contributed by atoms with E-state index >= 15 is 0 Å². The van der Waals surface area contributed by atoms with Gasteiger partial charge in [0.05, 0.1) is 0 Å². The molecule has 1 heterocycles. The van der Waals surface area contributed by atoms with E-state index in [1.165, 1.54) is 18.1 Å². The van der Waals surface area contributed by atoms with Crippen molar-refractivity contribution < 1.29 is 14.3 Å². The zero-order valence-corrected chi connectivity index (χ0v) is 18.0. The largest absolute Gasteiger partial charge is 0.459 e. The van der Waals surface area contributed by atoms with Crippen LogP contribution < -0.4 is 5.32 Å². The first-order valence-corrected chi connectivity index (χ1v) is 11.1. The molecular weight excluding hydrogens is 388 g/mol. The average Bonchev–Trinajstić information content (AvgIpc) is 2.78. The maximum atomic E-state index is 12.5. The van der Waals surface area contributed by atoms with Crippen molar-refractivity contribution in [1.29, 1.82) is 0 Å². The third-order valence-corrected chi connectivity index (χ3v) is 6.38. The summed E-state index contributed by atoms with van der Waals surface area (Å²) >= 11 is 0. The molecule has 5 heteroatoms. The number of amides is 1. The predicted molar refractivity (Wildman–Crippen MR) is 121 cm³/mol. The summed E-state index contributed by atoms with van der Waals surface area (Å²) in [6.45, 7) is 2.92. The molecule has 1 amide bonds. The molecule has 162 valence electrons. The van der Waals surface area contributed by atoms with Crippen LogP contribution in [0.5, 0.6) is 0 Å². The number of nitrogens with one attached hydrogen (secondary N) is 1. The van der Waals surface area contributed by atoms with Gasteiger partial charge in [0.15, 0.2) is 0 Å². The van der Waals surface area contributed by atoms with Gasteiger partial charge in [-0.15, -0.1) is 0 Å². The number of ether oxygens (including phenoxy) is 1. The highest BCUT2D eigenvalue weighted by molar-refractivity contribution is 5.94. The number of esters is 1. The summed E-state index contributed by atoms with van der Waals surface area (Å²) in [6, 6.07) is 17.7. The monoisotopic (exact) mass is 418 g/mol. The molecule has 2 aromatic carbocycles. The standard InChI is InChI=1S/C26H30N2O3/c1-27-26(30)21-13-10-19(11-14-21)12-15-24(29)31-25-22-8-5-9-23(25)18-28(17-22)16-20-6-3-2-4-7-20/h2-4,6-7,10-15,22-23,25H,5,8-9,16-18H2,1H3,(H,27,30). The zero-order valence-electron chi connectivity index (χ0n) is 18.0. The lowest BCUT2D eigenvalue weighted by Crippen LogP contribution is -2.52. The molecule has 1 saturated heterocycles. The minimum atomic E-state index is -0.284. The van der Waals surface area contributed by atoms with Crippen molar-refractivity contribution in [2.45, 2.75) is 31.9 Å². The van der Waals surface area contributed by atoms with Crippen LogP contribution in [0.4, 0.5) is 0 Å². The van der Waals surface area contributed by atoms with Crippen molar-refractivity contribution in [3.8, 4) is 0 Å². The summed E-state index contributed by atoms with van der Waals surface area (Å²) in [7, 11) is 1.60. The van der Waals surface area contributed by atoms with Gasteiger partial charge in [-0.2, -0.15) is 0 Å². The average molecular weight is 419 g/mol. The Morgan fingerprint density at radius 2 is 1.71 bits per heavy atom. The van der Waals surface area contributed by atoms with E-state index in [0.717, 1.165) is 38.0 Å². The van der Waals surface area contributed by atoms with Crippen molar-refractivity contribution in [3.63, 3.8) is 0 Å². The summed E-state index contributed by atoms with van der Waals surface area (Å²) in [5, 5.41) is 2.60. The van der Waals surface area contributed by atoms with Crippen LogP contribution in [0.1, 0.15) is 40.7 Å². The van der Waals surface area contributed by atoms with Crippen LogP contribution in [0.15, 0.2) is 60.7 Å². The highest BCUT2D eigenvalue weighted by Crippen LogP contribution is 2.37. The van der Waals surface area contributed by atoms with Crippen LogP contribution in [0.25, 0.3) is 6.08 Å². The van der Waals surface area contributed by atoms with E-state index in [1.807, 2.05) is 18.2 Å². The Hall–Kier alpha value is -2.92. The van der Waals surface area contributed by atoms with E-state index in [9.17, 15) is 9.59 Å². The summed E-state index contributed by atoms with van der Waals surface area (Å²) < 4.78 is 5.94. The minimum absolute atomic E-state index is 0.00792. The van der Waals surface area contributed by atoms with Gasteiger partial charge in [-0.25, -0.2) is 4.79 Å². The number of hydrogen-bond acceptors (Lipinski definition) is 4. The molecule has 2 aliphatic rings. The number of hydrogen-bond donors (Lipinski definition) is 1. The number of carbonyl (C=O) groups is 2. The predicted octanol–water partition coefficient (Wildman–Crippen LogP) is 3.90. The van der Waals surface area contributed by atoms with Gasteiger partial charge in [0.1, 0.15) is 6.10 Å². The number of benzene rings is 2. The van der Waals surface area contributed by atoms with Gasteiger partial charge in [-0.3, -0.25) is 9.69 Å². The molecular formula is C26H30N2O3. The molecule has 1 aliphatic heterocycles. The third-order valence-electron chi connectivity index (χ3n) is 6.38. The molecule has 1 aliphatic carbocycles. The van der Waals surface area contributed by atoms with E-state index in [1.54, 1.807) is 25.3 Å².